The van der Waals surface area contributed by atoms with Gasteiger partial charge in [-0.1, -0.05) is 19.9 Å². The molecule has 0 saturated carbocycles. The maximum absolute atomic E-state index is 9.28. The molecule has 0 unspecified atom stereocenters. The zero-order valence-corrected chi connectivity index (χ0v) is 13.0. The van der Waals surface area contributed by atoms with Crippen molar-refractivity contribution in [2.24, 2.45) is 0 Å². The fraction of sp³-hybridized carbons (Fsp3) is 0.500. The van der Waals surface area contributed by atoms with Crippen LogP contribution in [0, 0.1) is 0 Å². The largest absolute Gasteiger partial charge is 0.492 e. The molecular weight excluding hydrogens is 282 g/mol. The molecule has 0 radical (unpaired) electrons. The van der Waals surface area contributed by atoms with Crippen LogP contribution in [0.3, 0.4) is 0 Å². The molecule has 1 aliphatic heterocycles. The first kappa shape index (κ1) is 15.0. The first-order valence-corrected chi connectivity index (χ1v) is 7.56. The summed E-state index contributed by atoms with van der Waals surface area (Å²) in [6.07, 6.45) is 0. The van der Waals surface area contributed by atoms with Gasteiger partial charge in [-0.05, 0) is 17.7 Å². The van der Waals surface area contributed by atoms with E-state index in [1.165, 1.54) is 0 Å². The molecule has 0 bridgehead atoms. The normalized spacial score (nSPS) is 15.5. The lowest BCUT2D eigenvalue weighted by molar-refractivity contribution is 0.201. The molecule has 1 N–H and O–H groups in total. The van der Waals surface area contributed by atoms with Crippen molar-refractivity contribution in [3.63, 3.8) is 0 Å². The van der Waals surface area contributed by atoms with Gasteiger partial charge in [-0.15, -0.1) is 10.2 Å². The van der Waals surface area contributed by atoms with Crippen LogP contribution < -0.4 is 4.74 Å². The van der Waals surface area contributed by atoms with E-state index in [1.54, 1.807) is 0 Å². The smallest absolute Gasteiger partial charge is 0.230 e. The molecule has 1 aromatic carbocycles. The molecule has 1 aliphatic rings. The number of hydrogen-bond acceptors (Lipinski definition) is 6. The second-order valence-electron chi connectivity index (χ2n) is 5.85. The highest BCUT2D eigenvalue weighted by molar-refractivity contribution is 5.37. The zero-order valence-electron chi connectivity index (χ0n) is 13.0. The average molecular weight is 303 g/mol. The molecule has 0 atom stereocenters. The Kier molecular flexibility index (Phi) is 4.40. The minimum atomic E-state index is 0.0364. The van der Waals surface area contributed by atoms with Crippen LogP contribution in [0.1, 0.15) is 42.7 Å². The summed E-state index contributed by atoms with van der Waals surface area (Å²) in [4.78, 5) is 2.21. The number of benzene rings is 1. The van der Waals surface area contributed by atoms with E-state index < -0.39 is 0 Å². The van der Waals surface area contributed by atoms with Crippen molar-refractivity contribution < 1.29 is 14.3 Å². The van der Waals surface area contributed by atoms with E-state index in [0.29, 0.717) is 24.9 Å². The van der Waals surface area contributed by atoms with Crippen LogP contribution in [0.25, 0.3) is 0 Å². The number of fused-ring (bicyclic) bond motifs is 1. The van der Waals surface area contributed by atoms with Gasteiger partial charge in [0, 0.05) is 24.6 Å². The van der Waals surface area contributed by atoms with Crippen LogP contribution in [0.4, 0.5) is 0 Å². The van der Waals surface area contributed by atoms with Crippen LogP contribution in [0.5, 0.6) is 5.75 Å². The highest BCUT2D eigenvalue weighted by Crippen LogP contribution is 2.25. The second-order valence-corrected chi connectivity index (χ2v) is 5.85. The predicted molar refractivity (Wildman–Crippen MR) is 80.4 cm³/mol. The summed E-state index contributed by atoms with van der Waals surface area (Å²) in [6, 6.07) is 5.80. The Morgan fingerprint density at radius 1 is 1.32 bits per heavy atom. The van der Waals surface area contributed by atoms with Crippen LogP contribution >= 0.6 is 0 Å². The van der Waals surface area contributed by atoms with Gasteiger partial charge in [-0.3, -0.25) is 4.90 Å². The summed E-state index contributed by atoms with van der Waals surface area (Å²) < 4.78 is 11.4. The Bertz CT molecular complexity index is 639. The van der Waals surface area contributed by atoms with Gasteiger partial charge in [0.2, 0.25) is 11.8 Å². The molecule has 0 amide bonds. The van der Waals surface area contributed by atoms with Crippen molar-refractivity contribution >= 4 is 0 Å². The number of aliphatic hydroxyl groups excluding tert-OH is 1. The first-order valence-electron chi connectivity index (χ1n) is 7.56. The topological polar surface area (TPSA) is 71.6 Å². The SMILES string of the molecule is CC(C)c1nnc(CN2CCOc3ccc(CO)cc3C2)o1. The van der Waals surface area contributed by atoms with Crippen LogP contribution in [-0.2, 0) is 19.7 Å². The van der Waals surface area contributed by atoms with E-state index >= 15 is 0 Å². The predicted octanol–water partition coefficient (Wildman–Crippen LogP) is 2.08. The second kappa shape index (κ2) is 6.46. The monoisotopic (exact) mass is 303 g/mol. The molecule has 0 spiro atoms. The van der Waals surface area contributed by atoms with Gasteiger partial charge in [-0.25, -0.2) is 0 Å². The van der Waals surface area contributed by atoms with Crippen LogP contribution in [-0.4, -0.2) is 33.4 Å². The number of aliphatic hydroxyl groups is 1. The highest BCUT2D eigenvalue weighted by Gasteiger charge is 2.18. The molecule has 0 fully saturated rings. The van der Waals surface area contributed by atoms with E-state index in [0.717, 1.165) is 30.0 Å². The van der Waals surface area contributed by atoms with Crippen molar-refractivity contribution in [3.05, 3.63) is 41.1 Å². The maximum atomic E-state index is 9.28. The summed E-state index contributed by atoms with van der Waals surface area (Å²) in [5.41, 5.74) is 1.97. The molecular formula is C16H21N3O3. The third kappa shape index (κ3) is 3.28. The van der Waals surface area contributed by atoms with Gasteiger partial charge in [0.25, 0.3) is 0 Å². The van der Waals surface area contributed by atoms with Gasteiger partial charge < -0.3 is 14.3 Å². The van der Waals surface area contributed by atoms with E-state index in [1.807, 2.05) is 32.0 Å². The fourth-order valence-electron chi connectivity index (χ4n) is 2.49. The van der Waals surface area contributed by atoms with Gasteiger partial charge in [0.15, 0.2) is 0 Å². The lowest BCUT2D eigenvalue weighted by Gasteiger charge is -2.17. The quantitative estimate of drug-likeness (QED) is 0.932. The summed E-state index contributed by atoms with van der Waals surface area (Å²) in [6.45, 7) is 6.86. The molecule has 0 saturated heterocycles. The Labute approximate surface area is 129 Å². The van der Waals surface area contributed by atoms with Gasteiger partial charge in [0.1, 0.15) is 12.4 Å². The third-order valence-electron chi connectivity index (χ3n) is 3.70. The minimum absolute atomic E-state index is 0.0364. The molecule has 2 heterocycles. The minimum Gasteiger partial charge on any atom is -0.492 e. The number of hydrogen-bond donors (Lipinski definition) is 1. The molecule has 3 rings (SSSR count). The molecule has 2 aromatic rings. The average Bonchev–Trinajstić information content (AvgIpc) is 2.88. The molecule has 22 heavy (non-hydrogen) atoms. The highest BCUT2D eigenvalue weighted by atomic mass is 16.5. The lowest BCUT2D eigenvalue weighted by atomic mass is 10.1. The zero-order chi connectivity index (χ0) is 15.5. The van der Waals surface area contributed by atoms with Crippen LogP contribution in [0.15, 0.2) is 22.6 Å². The van der Waals surface area contributed by atoms with E-state index in [2.05, 4.69) is 15.1 Å². The standard InChI is InChI=1S/C16H21N3O3/c1-11(2)16-18-17-15(22-16)9-19-5-6-21-14-4-3-12(10-20)7-13(14)8-19/h3-4,7,11,20H,5-6,8-10H2,1-2H3. The summed E-state index contributed by atoms with van der Waals surface area (Å²) >= 11 is 0. The number of nitrogens with zero attached hydrogens (tertiary/aromatic N) is 3. The van der Waals surface area contributed by atoms with Crippen molar-refractivity contribution in [1.82, 2.24) is 15.1 Å². The Morgan fingerprint density at radius 2 is 2.18 bits per heavy atom. The molecule has 6 heteroatoms. The number of rotatable bonds is 4. The van der Waals surface area contributed by atoms with E-state index in [4.69, 9.17) is 9.15 Å². The van der Waals surface area contributed by atoms with Crippen molar-refractivity contribution in [1.29, 1.82) is 0 Å². The summed E-state index contributed by atoms with van der Waals surface area (Å²) in [5.74, 6) is 2.42. The Hall–Kier alpha value is -1.92. The lowest BCUT2D eigenvalue weighted by Crippen LogP contribution is -2.25. The number of ether oxygens (including phenoxy) is 1. The number of aromatic nitrogens is 2. The Balaban J connectivity index is 1.74. The van der Waals surface area contributed by atoms with Crippen molar-refractivity contribution in [3.8, 4) is 5.75 Å². The molecule has 118 valence electrons. The van der Waals surface area contributed by atoms with E-state index in [9.17, 15) is 5.11 Å². The van der Waals surface area contributed by atoms with Gasteiger partial charge in [-0.2, -0.15) is 0 Å². The molecule has 1 aromatic heterocycles. The van der Waals surface area contributed by atoms with Gasteiger partial charge >= 0.3 is 0 Å². The summed E-state index contributed by atoms with van der Waals surface area (Å²) in [7, 11) is 0. The van der Waals surface area contributed by atoms with Crippen molar-refractivity contribution in [2.75, 3.05) is 13.2 Å². The summed E-state index contributed by atoms with van der Waals surface area (Å²) in [5, 5.41) is 17.5. The third-order valence-corrected chi connectivity index (χ3v) is 3.70. The maximum Gasteiger partial charge on any atom is 0.230 e. The first-order chi connectivity index (χ1) is 10.7. The van der Waals surface area contributed by atoms with E-state index in [-0.39, 0.29) is 12.5 Å². The molecule has 6 nitrogen and oxygen atoms in total. The van der Waals surface area contributed by atoms with Crippen LogP contribution in [0.2, 0.25) is 0 Å². The Morgan fingerprint density at radius 3 is 2.91 bits per heavy atom. The fourth-order valence-corrected chi connectivity index (χ4v) is 2.49. The van der Waals surface area contributed by atoms with Gasteiger partial charge in [0.05, 0.1) is 13.2 Å². The van der Waals surface area contributed by atoms with Crippen molar-refractivity contribution in [2.45, 2.75) is 39.5 Å². The molecule has 0 aliphatic carbocycles.